The smallest absolute Gasteiger partial charge is 0.122 e. The molecule has 0 radical (unpaired) electrons. The molecule has 0 aliphatic rings. The summed E-state index contributed by atoms with van der Waals surface area (Å²) in [7, 11) is 1.75. The molecular weight excluding hydrogens is 234 g/mol. The lowest BCUT2D eigenvalue weighted by Gasteiger charge is -2.28. The summed E-state index contributed by atoms with van der Waals surface area (Å²) in [5.74, 6) is 2.28. The molecule has 108 valence electrons. The first-order chi connectivity index (χ1) is 8.83. The standard InChI is InChI=1S/C17H29NO/c1-13(2)15(12-18-17(3,4)5)11-14-9-7-8-10-16(14)19-6/h7-10,13,15,18H,11-12H2,1-6H3. The molecule has 1 rings (SSSR count). The molecule has 1 aromatic carbocycles. The molecule has 0 amide bonds. The van der Waals surface area contributed by atoms with E-state index in [1.54, 1.807) is 7.11 Å². The van der Waals surface area contributed by atoms with Crippen molar-refractivity contribution in [1.82, 2.24) is 5.32 Å². The van der Waals surface area contributed by atoms with Crippen molar-refractivity contribution in [3.05, 3.63) is 29.8 Å². The lowest BCUT2D eigenvalue weighted by atomic mass is 9.88. The second-order valence-electron chi connectivity index (χ2n) is 6.65. The molecule has 0 heterocycles. The van der Waals surface area contributed by atoms with Gasteiger partial charge in [0.15, 0.2) is 0 Å². The molecule has 0 aliphatic carbocycles. The normalized spacial score (nSPS) is 13.6. The van der Waals surface area contributed by atoms with Crippen LogP contribution in [0.2, 0.25) is 0 Å². The van der Waals surface area contributed by atoms with Crippen LogP contribution in [0, 0.1) is 11.8 Å². The van der Waals surface area contributed by atoms with Crippen molar-refractivity contribution >= 4 is 0 Å². The Morgan fingerprint density at radius 1 is 1.16 bits per heavy atom. The Morgan fingerprint density at radius 3 is 2.32 bits per heavy atom. The molecule has 2 heteroatoms. The van der Waals surface area contributed by atoms with Crippen LogP contribution in [-0.2, 0) is 6.42 Å². The third-order valence-electron chi connectivity index (χ3n) is 3.51. The Hall–Kier alpha value is -1.02. The molecule has 1 atom stereocenters. The quantitative estimate of drug-likeness (QED) is 0.840. The minimum absolute atomic E-state index is 0.175. The minimum Gasteiger partial charge on any atom is -0.496 e. The van der Waals surface area contributed by atoms with E-state index < -0.39 is 0 Å². The number of rotatable bonds is 6. The van der Waals surface area contributed by atoms with Crippen LogP contribution >= 0.6 is 0 Å². The summed E-state index contributed by atoms with van der Waals surface area (Å²) in [6, 6.07) is 8.34. The molecule has 0 aliphatic heterocycles. The van der Waals surface area contributed by atoms with Gasteiger partial charge in [0.05, 0.1) is 7.11 Å². The second kappa shape index (κ2) is 6.95. The summed E-state index contributed by atoms with van der Waals surface area (Å²) in [5.41, 5.74) is 1.48. The number of para-hydroxylation sites is 1. The zero-order valence-electron chi connectivity index (χ0n) is 13.3. The Kier molecular flexibility index (Phi) is 5.86. The molecule has 0 spiro atoms. The second-order valence-corrected chi connectivity index (χ2v) is 6.65. The third kappa shape index (κ3) is 5.65. The highest BCUT2D eigenvalue weighted by molar-refractivity contribution is 5.33. The average Bonchev–Trinajstić information content (AvgIpc) is 2.33. The Morgan fingerprint density at radius 2 is 1.79 bits per heavy atom. The number of benzene rings is 1. The van der Waals surface area contributed by atoms with Gasteiger partial charge in [0.1, 0.15) is 5.75 Å². The van der Waals surface area contributed by atoms with E-state index in [0.717, 1.165) is 18.7 Å². The van der Waals surface area contributed by atoms with Gasteiger partial charge in [-0.3, -0.25) is 0 Å². The summed E-state index contributed by atoms with van der Waals surface area (Å²) in [5, 5.41) is 3.62. The molecule has 1 N–H and O–H groups in total. The molecule has 0 aromatic heterocycles. The van der Waals surface area contributed by atoms with Gasteiger partial charge >= 0.3 is 0 Å². The van der Waals surface area contributed by atoms with Gasteiger partial charge in [-0.1, -0.05) is 32.0 Å². The van der Waals surface area contributed by atoms with Crippen LogP contribution in [0.25, 0.3) is 0 Å². The van der Waals surface area contributed by atoms with Gasteiger partial charge in [0.25, 0.3) is 0 Å². The molecular formula is C17H29NO. The largest absolute Gasteiger partial charge is 0.496 e. The first-order valence-corrected chi connectivity index (χ1v) is 7.20. The lowest BCUT2D eigenvalue weighted by Crippen LogP contribution is -2.40. The highest BCUT2D eigenvalue weighted by atomic mass is 16.5. The summed E-state index contributed by atoms with van der Waals surface area (Å²) < 4.78 is 5.45. The average molecular weight is 263 g/mol. The number of hydrogen-bond donors (Lipinski definition) is 1. The van der Waals surface area contributed by atoms with Gasteiger partial charge in [-0.2, -0.15) is 0 Å². The molecule has 0 fully saturated rings. The fraction of sp³-hybridized carbons (Fsp3) is 0.647. The van der Waals surface area contributed by atoms with Crippen LogP contribution in [0.4, 0.5) is 0 Å². The SMILES string of the molecule is COc1ccccc1CC(CNC(C)(C)C)C(C)C. The molecule has 0 saturated heterocycles. The first-order valence-electron chi connectivity index (χ1n) is 7.20. The fourth-order valence-corrected chi connectivity index (χ4v) is 2.13. The van der Waals surface area contributed by atoms with Crippen LogP contribution in [-0.4, -0.2) is 19.2 Å². The highest BCUT2D eigenvalue weighted by Crippen LogP contribution is 2.24. The topological polar surface area (TPSA) is 21.3 Å². The Labute approximate surface area is 118 Å². The van der Waals surface area contributed by atoms with Gasteiger partial charge in [0, 0.05) is 5.54 Å². The summed E-state index contributed by atoms with van der Waals surface area (Å²) in [6.45, 7) is 12.3. The van der Waals surface area contributed by atoms with Gasteiger partial charge in [0.2, 0.25) is 0 Å². The fourth-order valence-electron chi connectivity index (χ4n) is 2.13. The molecule has 0 saturated carbocycles. The maximum Gasteiger partial charge on any atom is 0.122 e. The van der Waals surface area contributed by atoms with Crippen LogP contribution in [0.5, 0.6) is 5.75 Å². The monoisotopic (exact) mass is 263 g/mol. The number of ether oxygens (including phenoxy) is 1. The van der Waals surface area contributed by atoms with Crippen LogP contribution in [0.3, 0.4) is 0 Å². The minimum atomic E-state index is 0.175. The summed E-state index contributed by atoms with van der Waals surface area (Å²) >= 11 is 0. The predicted molar refractivity (Wildman–Crippen MR) is 82.8 cm³/mol. The van der Waals surface area contributed by atoms with E-state index in [1.807, 2.05) is 12.1 Å². The zero-order valence-corrected chi connectivity index (χ0v) is 13.3. The molecule has 1 aromatic rings. The van der Waals surface area contributed by atoms with E-state index in [4.69, 9.17) is 4.74 Å². The maximum atomic E-state index is 5.45. The van der Waals surface area contributed by atoms with Crippen LogP contribution in [0.1, 0.15) is 40.2 Å². The van der Waals surface area contributed by atoms with Crippen molar-refractivity contribution in [2.45, 2.75) is 46.6 Å². The Balaban J connectivity index is 2.73. The van der Waals surface area contributed by atoms with Crippen LogP contribution < -0.4 is 10.1 Å². The van der Waals surface area contributed by atoms with Gasteiger partial charge in [-0.15, -0.1) is 0 Å². The van der Waals surface area contributed by atoms with Crippen molar-refractivity contribution < 1.29 is 4.74 Å². The molecule has 0 bridgehead atoms. The third-order valence-corrected chi connectivity index (χ3v) is 3.51. The van der Waals surface area contributed by atoms with Crippen molar-refractivity contribution in [3.63, 3.8) is 0 Å². The number of hydrogen-bond acceptors (Lipinski definition) is 2. The van der Waals surface area contributed by atoms with Gasteiger partial charge < -0.3 is 10.1 Å². The Bertz CT molecular complexity index is 379. The summed E-state index contributed by atoms with van der Waals surface area (Å²) in [4.78, 5) is 0. The highest BCUT2D eigenvalue weighted by Gasteiger charge is 2.19. The molecule has 1 unspecified atom stereocenters. The lowest BCUT2D eigenvalue weighted by molar-refractivity contribution is 0.308. The molecule has 19 heavy (non-hydrogen) atoms. The van der Waals surface area contributed by atoms with E-state index in [-0.39, 0.29) is 5.54 Å². The van der Waals surface area contributed by atoms with Crippen LogP contribution in [0.15, 0.2) is 24.3 Å². The van der Waals surface area contributed by atoms with E-state index >= 15 is 0 Å². The van der Waals surface area contributed by atoms with Gasteiger partial charge in [-0.25, -0.2) is 0 Å². The van der Waals surface area contributed by atoms with E-state index in [0.29, 0.717) is 11.8 Å². The number of nitrogens with one attached hydrogen (secondary N) is 1. The van der Waals surface area contributed by atoms with E-state index in [9.17, 15) is 0 Å². The van der Waals surface area contributed by atoms with Crippen molar-refractivity contribution in [2.24, 2.45) is 11.8 Å². The zero-order chi connectivity index (χ0) is 14.5. The first kappa shape index (κ1) is 16.0. The predicted octanol–water partition coefficient (Wildman–Crippen LogP) is 3.90. The van der Waals surface area contributed by atoms with Crippen molar-refractivity contribution in [3.8, 4) is 5.75 Å². The van der Waals surface area contributed by atoms with Crippen molar-refractivity contribution in [2.75, 3.05) is 13.7 Å². The van der Waals surface area contributed by atoms with E-state index in [2.05, 4.69) is 52.1 Å². The molecule has 2 nitrogen and oxygen atoms in total. The van der Waals surface area contributed by atoms with E-state index in [1.165, 1.54) is 5.56 Å². The number of methoxy groups -OCH3 is 1. The maximum absolute atomic E-state index is 5.45. The van der Waals surface area contributed by atoms with Crippen molar-refractivity contribution in [1.29, 1.82) is 0 Å². The summed E-state index contributed by atoms with van der Waals surface area (Å²) in [6.07, 6.45) is 1.06. The van der Waals surface area contributed by atoms with Gasteiger partial charge in [-0.05, 0) is 57.2 Å².